The Kier molecular flexibility index (Phi) is 10.6. The zero-order chi connectivity index (χ0) is 32.6. The van der Waals surface area contributed by atoms with Crippen molar-refractivity contribution in [3.63, 3.8) is 0 Å². The van der Waals surface area contributed by atoms with Gasteiger partial charge in [0.2, 0.25) is 0 Å². The molecule has 0 aromatic carbocycles. The number of aromatic nitrogens is 4. The number of ether oxygens (including phenoxy) is 2. The number of hydrogen-bond acceptors (Lipinski definition) is 11. The third-order valence-corrected chi connectivity index (χ3v) is 12.8. The van der Waals surface area contributed by atoms with Crippen molar-refractivity contribution in [3.05, 3.63) is 65.2 Å². The third kappa shape index (κ3) is 7.17. The lowest BCUT2D eigenvalue weighted by atomic mass is 10.1. The first kappa shape index (κ1) is 34.8. The molecule has 2 saturated heterocycles. The minimum Gasteiger partial charge on any atom is -0.407 e. The molecule has 0 radical (unpaired) electrons. The fourth-order valence-corrected chi connectivity index (χ4v) is 5.87. The summed E-state index contributed by atoms with van der Waals surface area (Å²) in [7, 11) is -2.20. The van der Waals surface area contributed by atoms with E-state index in [-0.39, 0.29) is 10.6 Å². The maximum Gasteiger partial charge on any atom is 0.330 e. The highest BCUT2D eigenvalue weighted by Crippen LogP contribution is 2.42. The molecule has 2 aromatic heterocycles. The van der Waals surface area contributed by atoms with Crippen LogP contribution in [0.15, 0.2) is 31.6 Å². The van der Waals surface area contributed by atoms with Crippen LogP contribution in [0, 0.1) is 13.8 Å². The lowest BCUT2D eigenvalue weighted by Crippen LogP contribution is -2.49. The number of aromatic amines is 2. The van der Waals surface area contributed by atoms with Crippen molar-refractivity contribution in [2.45, 2.75) is 115 Å². The van der Waals surface area contributed by atoms with Crippen LogP contribution in [0.1, 0.15) is 57.7 Å². The molecule has 242 valence electrons. The molecule has 0 bridgehead atoms. The van der Waals surface area contributed by atoms with Crippen molar-refractivity contribution in [2.75, 3.05) is 6.61 Å². The molecule has 6 N–H and O–H groups in total. The van der Waals surface area contributed by atoms with E-state index in [9.17, 15) is 34.5 Å². The third-order valence-electron chi connectivity index (χ3n) is 8.31. The second kappa shape index (κ2) is 13.1. The molecule has 4 heterocycles. The summed E-state index contributed by atoms with van der Waals surface area (Å²) in [5.74, 6) is 0. The number of hydrogen-bond donors (Lipinski definition) is 6. The molecule has 16 heteroatoms. The van der Waals surface area contributed by atoms with E-state index in [0.29, 0.717) is 12.0 Å². The van der Waals surface area contributed by atoms with E-state index in [1.165, 1.54) is 23.9 Å². The lowest BCUT2D eigenvalue weighted by molar-refractivity contribution is -0.0551. The monoisotopic (exact) mass is 628 g/mol. The van der Waals surface area contributed by atoms with Gasteiger partial charge in [0.1, 0.15) is 30.5 Å². The Morgan fingerprint density at radius 1 is 0.837 bits per heavy atom. The van der Waals surface area contributed by atoms with Crippen LogP contribution in [0.3, 0.4) is 0 Å². The van der Waals surface area contributed by atoms with Gasteiger partial charge in [0, 0.05) is 23.5 Å². The maximum atomic E-state index is 12.3. The van der Waals surface area contributed by atoms with Crippen LogP contribution in [0.2, 0.25) is 18.1 Å². The highest BCUT2D eigenvalue weighted by atomic mass is 28.4. The first-order valence-corrected chi connectivity index (χ1v) is 17.0. The van der Waals surface area contributed by atoms with Crippen molar-refractivity contribution < 1.29 is 34.3 Å². The van der Waals surface area contributed by atoms with E-state index < -0.39 is 86.5 Å². The van der Waals surface area contributed by atoms with Gasteiger partial charge in [-0.3, -0.25) is 28.7 Å². The van der Waals surface area contributed by atoms with Crippen molar-refractivity contribution in [3.8, 4) is 0 Å². The molecule has 2 aliphatic heterocycles. The Hall–Kier alpha value is -2.70. The fraction of sp³-hybridized carbons (Fsp3) is 0.704. The van der Waals surface area contributed by atoms with Crippen molar-refractivity contribution in [1.29, 1.82) is 0 Å². The SMILES string of the molecule is CC[C@H]1O[C@@H](n2cc(C)c(=O)[nH]c2=O)[C@@H](O[Si](C)(C)C(C)(C)C)C1O.Cc1cn([C@@H]2O[C@H](CO)C(O)[C@@H]2O)c(=O)[nH]c1=O. The summed E-state index contributed by atoms with van der Waals surface area (Å²) in [5.41, 5.74) is -1.58. The Bertz CT molecular complexity index is 1510. The zero-order valence-corrected chi connectivity index (χ0v) is 26.7. The van der Waals surface area contributed by atoms with Crippen LogP contribution >= 0.6 is 0 Å². The predicted molar refractivity (Wildman–Crippen MR) is 157 cm³/mol. The average molecular weight is 629 g/mol. The van der Waals surface area contributed by atoms with Gasteiger partial charge in [0.15, 0.2) is 20.8 Å². The van der Waals surface area contributed by atoms with E-state index in [1.807, 2.05) is 6.92 Å². The van der Waals surface area contributed by atoms with Crippen LogP contribution < -0.4 is 22.5 Å². The molecule has 2 aliphatic rings. The van der Waals surface area contributed by atoms with Crippen LogP contribution in [-0.4, -0.2) is 91.1 Å². The van der Waals surface area contributed by atoms with Gasteiger partial charge in [-0.05, 0) is 38.4 Å². The zero-order valence-electron chi connectivity index (χ0n) is 25.7. The van der Waals surface area contributed by atoms with E-state index in [0.717, 1.165) is 4.57 Å². The standard InChI is InChI=1S/C17H30N2O5Si.C10H14N2O6/c1-8-11-12(20)13(24-25(6,7)17(3,4)5)15(23-11)19-9-10(2)14(21)18-16(19)22;1-4-2-12(10(17)11-8(4)16)9-7(15)6(14)5(3-13)18-9/h9,11-13,15,20H,8H2,1-7H3,(H,18,21,22);2,5-7,9,13-15H,3H2,1H3,(H,11,16,17)/t11-,12?,13+,15-;5-,6?,7+,9-/m11/s1. The summed E-state index contributed by atoms with van der Waals surface area (Å²) < 4.78 is 19.9. The molecule has 0 aliphatic carbocycles. The molecule has 2 unspecified atom stereocenters. The predicted octanol–water partition coefficient (Wildman–Crippen LogP) is -0.640. The normalized spacial score (nSPS) is 29.4. The molecule has 0 amide bonds. The van der Waals surface area contributed by atoms with Gasteiger partial charge < -0.3 is 34.3 Å². The van der Waals surface area contributed by atoms with Crippen LogP contribution in [0.5, 0.6) is 0 Å². The molecule has 8 atom stereocenters. The summed E-state index contributed by atoms with van der Waals surface area (Å²) in [5, 5.41) is 38.9. The Labute approximate surface area is 248 Å². The van der Waals surface area contributed by atoms with Gasteiger partial charge in [-0.1, -0.05) is 27.7 Å². The van der Waals surface area contributed by atoms with Crippen molar-refractivity contribution in [1.82, 2.24) is 19.1 Å². The lowest BCUT2D eigenvalue weighted by Gasteiger charge is -2.40. The summed E-state index contributed by atoms with van der Waals surface area (Å²) in [6, 6.07) is 0. The molecule has 2 fully saturated rings. The van der Waals surface area contributed by atoms with E-state index in [2.05, 4.69) is 43.8 Å². The van der Waals surface area contributed by atoms with Gasteiger partial charge in [-0.2, -0.15) is 0 Å². The molecule has 4 rings (SSSR count). The number of nitrogens with one attached hydrogen (secondary N) is 2. The van der Waals surface area contributed by atoms with Gasteiger partial charge in [0.05, 0.1) is 12.7 Å². The van der Waals surface area contributed by atoms with Crippen molar-refractivity contribution in [2.24, 2.45) is 0 Å². The first-order valence-electron chi connectivity index (χ1n) is 14.1. The molecule has 15 nitrogen and oxygen atoms in total. The topological polar surface area (TPSA) is 218 Å². The van der Waals surface area contributed by atoms with E-state index in [1.54, 1.807) is 6.92 Å². The second-order valence-corrected chi connectivity index (χ2v) is 17.2. The number of H-pyrrole nitrogens is 2. The molecule has 0 saturated carbocycles. The number of nitrogens with zero attached hydrogens (tertiary/aromatic N) is 2. The van der Waals surface area contributed by atoms with Gasteiger partial charge in [0.25, 0.3) is 11.1 Å². The molecule has 0 spiro atoms. The first-order chi connectivity index (χ1) is 19.8. The van der Waals surface area contributed by atoms with Gasteiger partial charge in [-0.15, -0.1) is 0 Å². The van der Waals surface area contributed by atoms with Gasteiger partial charge >= 0.3 is 11.4 Å². The minimum absolute atomic E-state index is 0.0482. The van der Waals surface area contributed by atoms with E-state index >= 15 is 0 Å². The Morgan fingerprint density at radius 2 is 1.30 bits per heavy atom. The van der Waals surface area contributed by atoms with Crippen LogP contribution in [0.4, 0.5) is 0 Å². The highest BCUT2D eigenvalue weighted by molar-refractivity contribution is 6.74. The quantitative estimate of drug-likeness (QED) is 0.221. The highest BCUT2D eigenvalue weighted by Gasteiger charge is 2.50. The average Bonchev–Trinajstić information content (AvgIpc) is 3.38. The van der Waals surface area contributed by atoms with Crippen LogP contribution in [-0.2, 0) is 13.9 Å². The minimum atomic E-state index is -2.20. The van der Waals surface area contributed by atoms with Crippen molar-refractivity contribution >= 4 is 8.32 Å². The summed E-state index contributed by atoms with van der Waals surface area (Å²) in [6.45, 7) is 15.1. The largest absolute Gasteiger partial charge is 0.407 e. The molecule has 2 aromatic rings. The Balaban J connectivity index is 0.000000248. The Morgan fingerprint density at radius 3 is 1.72 bits per heavy atom. The molecule has 43 heavy (non-hydrogen) atoms. The summed E-state index contributed by atoms with van der Waals surface area (Å²) in [4.78, 5) is 51.1. The summed E-state index contributed by atoms with van der Waals surface area (Å²) >= 11 is 0. The van der Waals surface area contributed by atoms with Crippen LogP contribution in [0.25, 0.3) is 0 Å². The second-order valence-electron chi connectivity index (χ2n) is 12.5. The molecular weight excluding hydrogens is 584 g/mol. The maximum absolute atomic E-state index is 12.3. The summed E-state index contributed by atoms with van der Waals surface area (Å²) in [6.07, 6.45) is -4.12. The van der Waals surface area contributed by atoms with Gasteiger partial charge in [-0.25, -0.2) is 9.59 Å². The number of aryl methyl sites for hydroxylation is 2. The molecular formula is C27H44N4O11Si. The number of rotatable bonds is 6. The smallest absolute Gasteiger partial charge is 0.330 e. The fourth-order valence-electron chi connectivity index (χ4n) is 4.58. The number of aliphatic hydroxyl groups is 4. The number of aliphatic hydroxyl groups excluding tert-OH is 4. The van der Waals surface area contributed by atoms with E-state index in [4.69, 9.17) is 19.0 Å².